The van der Waals surface area contributed by atoms with E-state index in [4.69, 9.17) is 23.7 Å². The van der Waals surface area contributed by atoms with Crippen LogP contribution in [0.2, 0.25) is 0 Å². The van der Waals surface area contributed by atoms with Crippen LogP contribution in [0, 0.1) is 5.92 Å². The van der Waals surface area contributed by atoms with E-state index >= 15 is 0 Å². The summed E-state index contributed by atoms with van der Waals surface area (Å²) in [6.07, 6.45) is -0.962. The van der Waals surface area contributed by atoms with Crippen LogP contribution in [-0.2, 0) is 68.6 Å². The molecule has 0 unspecified atom stereocenters. The summed E-state index contributed by atoms with van der Waals surface area (Å²) < 4.78 is 26.1. The van der Waals surface area contributed by atoms with E-state index in [1.54, 1.807) is 113 Å². The molecule has 5 amide bonds. The van der Waals surface area contributed by atoms with Crippen LogP contribution in [0.4, 0.5) is 4.79 Å². The summed E-state index contributed by atoms with van der Waals surface area (Å²) in [6.45, 7) is 18.2. The highest BCUT2D eigenvalue weighted by Crippen LogP contribution is 2.14. The first-order valence-electron chi connectivity index (χ1n) is 19.8. The number of nitrogens with zero attached hydrogens (tertiary/aromatic N) is 1. The van der Waals surface area contributed by atoms with Gasteiger partial charge >= 0.3 is 30.0 Å². The van der Waals surface area contributed by atoms with Gasteiger partial charge < -0.3 is 39.6 Å². The zero-order valence-electron chi connectivity index (χ0n) is 37.3. The van der Waals surface area contributed by atoms with Crippen molar-refractivity contribution in [3.8, 4) is 0 Å². The molecule has 19 nitrogen and oxygen atoms in total. The zero-order chi connectivity index (χ0) is 46.7. The average Bonchev–Trinajstić information content (AvgIpc) is 3.11. The molecule has 0 fully saturated rings. The number of alkyl carbamates (subject to hydrolysis) is 1. The molecule has 4 N–H and O–H groups in total. The first-order chi connectivity index (χ1) is 28.1. The maximum absolute atomic E-state index is 14.0. The second kappa shape index (κ2) is 24.3. The first kappa shape index (κ1) is 53.0. The summed E-state index contributed by atoms with van der Waals surface area (Å²) in [4.78, 5) is 118. The number of esters is 4. The van der Waals surface area contributed by atoms with E-state index < -0.39 is 114 Å². The molecule has 0 aliphatic carbocycles. The molecule has 19 heteroatoms. The van der Waals surface area contributed by atoms with Crippen LogP contribution in [0.1, 0.15) is 108 Å². The minimum absolute atomic E-state index is 0.0208. The number of rotatable bonds is 19. The summed E-state index contributed by atoms with van der Waals surface area (Å²) in [6, 6.07) is 3.98. The number of hydrazine groups is 1. The van der Waals surface area contributed by atoms with Crippen molar-refractivity contribution in [2.75, 3.05) is 13.2 Å². The Morgan fingerprint density at radius 2 is 1.20 bits per heavy atom. The Labute approximate surface area is 357 Å². The van der Waals surface area contributed by atoms with Crippen LogP contribution >= 0.6 is 0 Å². The second-order valence-electron chi connectivity index (χ2n) is 17.0. The van der Waals surface area contributed by atoms with Crippen LogP contribution in [0.5, 0.6) is 0 Å². The quantitative estimate of drug-likeness (QED) is 0.0676. The predicted molar refractivity (Wildman–Crippen MR) is 219 cm³/mol. The van der Waals surface area contributed by atoms with Crippen molar-refractivity contribution in [2.24, 2.45) is 5.92 Å². The van der Waals surface area contributed by atoms with Gasteiger partial charge in [0.15, 0.2) is 0 Å². The minimum Gasteiger partial charge on any atom is -0.463 e. The van der Waals surface area contributed by atoms with Crippen molar-refractivity contribution in [1.29, 1.82) is 0 Å². The van der Waals surface area contributed by atoms with Crippen molar-refractivity contribution in [1.82, 2.24) is 26.4 Å². The number of ether oxygens (including phenoxy) is 5. The smallest absolute Gasteiger partial charge is 0.408 e. The fourth-order valence-electron chi connectivity index (χ4n) is 4.95. The molecular formula is C42H63N5O14. The van der Waals surface area contributed by atoms with E-state index in [1.165, 1.54) is 0 Å². The Kier molecular flexibility index (Phi) is 21.1. The zero-order valence-corrected chi connectivity index (χ0v) is 37.3. The van der Waals surface area contributed by atoms with Crippen LogP contribution < -0.4 is 21.4 Å². The third-order valence-corrected chi connectivity index (χ3v) is 7.42. The maximum atomic E-state index is 14.0. The molecule has 1 aromatic carbocycles. The summed E-state index contributed by atoms with van der Waals surface area (Å²) >= 11 is 0. The topological polar surface area (TPSA) is 251 Å². The molecule has 340 valence electrons. The molecule has 0 spiro atoms. The van der Waals surface area contributed by atoms with Gasteiger partial charge in [0.05, 0.1) is 13.0 Å². The van der Waals surface area contributed by atoms with Crippen LogP contribution in [0.3, 0.4) is 0 Å². The molecule has 1 aromatic rings. The summed E-state index contributed by atoms with van der Waals surface area (Å²) in [5, 5.41) is 7.90. The molecular weight excluding hydrogens is 798 g/mol. The molecule has 0 aliphatic heterocycles. The molecule has 0 saturated carbocycles. The van der Waals surface area contributed by atoms with Crippen molar-refractivity contribution < 1.29 is 66.8 Å². The van der Waals surface area contributed by atoms with Gasteiger partial charge in [0.25, 0.3) is 11.8 Å². The van der Waals surface area contributed by atoms with Crippen molar-refractivity contribution in [2.45, 2.75) is 144 Å². The second-order valence-corrected chi connectivity index (χ2v) is 17.0. The molecule has 0 aromatic heterocycles. The number of nitrogens with one attached hydrogen (secondary N) is 4. The number of amides is 5. The standard InChI is InChI=1S/C42H63N5O14/c1-13-57-31(49)22-20-30(48)47(24-34(52)61-42(10,11)12)46-38(55)35(26(2)3)45-36(53)28(19-21-32(50)59-40(4,5)6)43-37(54)29(23-33(51)60-41(7,8)9)44-39(56)58-25-27-17-15-14-16-18-27/h14-18,20,22,26,28-29,35H,13,19,21,23-25H2,1-12H3,(H,43,54)(H,44,56)(H,45,53)(H,46,55)/b22-20-/t28-,29-,35-/m0/s1. The van der Waals surface area contributed by atoms with E-state index in [1.807, 2.05) is 0 Å². The van der Waals surface area contributed by atoms with Crippen LogP contribution in [-0.4, -0.2) is 107 Å². The third kappa shape index (κ3) is 23.4. The fourth-order valence-corrected chi connectivity index (χ4v) is 4.95. The van der Waals surface area contributed by atoms with Crippen LogP contribution in [0.15, 0.2) is 42.5 Å². The molecule has 61 heavy (non-hydrogen) atoms. The van der Waals surface area contributed by atoms with Gasteiger partial charge in [-0.05, 0) is 87.1 Å². The third-order valence-electron chi connectivity index (χ3n) is 7.42. The number of carbonyl (C=O) groups is 9. The van der Waals surface area contributed by atoms with Gasteiger partial charge in [-0.25, -0.2) is 14.6 Å². The number of hydrogen-bond donors (Lipinski definition) is 4. The monoisotopic (exact) mass is 861 g/mol. The highest BCUT2D eigenvalue weighted by molar-refractivity contribution is 5.98. The molecule has 0 saturated heterocycles. The van der Waals surface area contributed by atoms with E-state index in [2.05, 4.69) is 21.4 Å². The molecule has 0 bridgehead atoms. The lowest BCUT2D eigenvalue weighted by Gasteiger charge is -2.29. The lowest BCUT2D eigenvalue weighted by Crippen LogP contribution is -2.60. The Balaban J connectivity index is 3.49. The fraction of sp³-hybridized carbons (Fsp3) is 0.595. The maximum Gasteiger partial charge on any atom is 0.408 e. The summed E-state index contributed by atoms with van der Waals surface area (Å²) in [5.74, 6) is -8.11. The van der Waals surface area contributed by atoms with Crippen molar-refractivity contribution in [3.05, 3.63) is 48.0 Å². The van der Waals surface area contributed by atoms with E-state index in [-0.39, 0.29) is 19.6 Å². The summed E-state index contributed by atoms with van der Waals surface area (Å²) in [7, 11) is 0. The Morgan fingerprint density at radius 3 is 1.74 bits per heavy atom. The largest absolute Gasteiger partial charge is 0.463 e. The van der Waals surface area contributed by atoms with Gasteiger partial charge in [-0.1, -0.05) is 44.2 Å². The van der Waals surface area contributed by atoms with Gasteiger partial charge in [-0.15, -0.1) is 0 Å². The lowest BCUT2D eigenvalue weighted by molar-refractivity contribution is -0.161. The minimum atomic E-state index is -1.64. The predicted octanol–water partition coefficient (Wildman–Crippen LogP) is 3.08. The first-order valence-corrected chi connectivity index (χ1v) is 19.8. The van der Waals surface area contributed by atoms with Gasteiger partial charge in [0.1, 0.15) is 48.1 Å². The number of carbonyl (C=O) groups excluding carboxylic acids is 9. The van der Waals surface area contributed by atoms with Crippen molar-refractivity contribution >= 4 is 53.6 Å². The van der Waals surface area contributed by atoms with E-state index in [9.17, 15) is 43.2 Å². The number of benzene rings is 1. The molecule has 0 radical (unpaired) electrons. The Morgan fingerprint density at radius 1 is 0.656 bits per heavy atom. The van der Waals surface area contributed by atoms with E-state index in [0.717, 1.165) is 12.2 Å². The van der Waals surface area contributed by atoms with Crippen molar-refractivity contribution in [3.63, 3.8) is 0 Å². The Hall–Kier alpha value is -6.01. The van der Waals surface area contributed by atoms with E-state index in [0.29, 0.717) is 10.6 Å². The van der Waals surface area contributed by atoms with Gasteiger partial charge in [0.2, 0.25) is 11.8 Å². The molecule has 3 atom stereocenters. The van der Waals surface area contributed by atoms with Crippen LogP contribution in [0.25, 0.3) is 0 Å². The number of hydrogen-bond acceptors (Lipinski definition) is 14. The highest BCUT2D eigenvalue weighted by Gasteiger charge is 2.35. The highest BCUT2D eigenvalue weighted by atomic mass is 16.6. The molecule has 0 heterocycles. The van der Waals surface area contributed by atoms with Gasteiger partial charge in [0, 0.05) is 18.6 Å². The average molecular weight is 862 g/mol. The lowest BCUT2D eigenvalue weighted by atomic mass is 10.0. The normalized spacial score (nSPS) is 13.1. The molecule has 0 aliphatic rings. The van der Waals surface area contributed by atoms with Gasteiger partial charge in [-0.2, -0.15) is 0 Å². The molecule has 1 rings (SSSR count). The summed E-state index contributed by atoms with van der Waals surface area (Å²) in [5.41, 5.74) is 0.107. The van der Waals surface area contributed by atoms with Gasteiger partial charge in [-0.3, -0.25) is 39.0 Å². The SMILES string of the molecule is CCOC(=O)/C=C\C(=O)N(CC(=O)OC(C)(C)C)NC(=O)[C@@H](NC(=O)[C@H](CCC(=O)OC(C)(C)C)NC(=O)[C@H](CC(=O)OC(C)(C)C)NC(=O)OCc1ccccc1)C(C)C. The Bertz CT molecular complexity index is 1730.